The monoisotopic (exact) mass is 242 g/mol. The molecule has 0 aliphatic heterocycles. The van der Waals surface area contributed by atoms with E-state index in [1.165, 1.54) is 19.3 Å². The smallest absolute Gasteiger partial charge is 0.166 e. The molecule has 3 fully saturated rings. The molecule has 0 saturated heterocycles. The number of hydrogen-bond acceptors (Lipinski definition) is 2. The van der Waals surface area contributed by atoms with Gasteiger partial charge in [-0.1, -0.05) is 0 Å². The molecule has 0 heterocycles. The molecule has 3 saturated carbocycles. The molecule has 4 unspecified atom stereocenters. The number of methoxy groups -OCH3 is 1. The van der Waals surface area contributed by atoms with Crippen molar-refractivity contribution < 1.29 is 9.53 Å². The number of carbonyl (C=O) groups excluding carboxylic acids is 1. The van der Waals surface area contributed by atoms with E-state index in [9.17, 15) is 4.79 Å². The average Bonchev–Trinajstić information content (AvgIpc) is 2.85. The number of rotatable bonds is 3. The van der Waals surface area contributed by atoms with Crippen molar-refractivity contribution >= 4 is 5.78 Å². The highest BCUT2D eigenvalue weighted by Gasteiger charge is 2.67. The van der Waals surface area contributed by atoms with Crippen molar-refractivity contribution in [2.45, 2.75) is 19.3 Å². The van der Waals surface area contributed by atoms with Gasteiger partial charge in [0.25, 0.3) is 0 Å². The maximum atomic E-state index is 12.5. The first-order valence-corrected chi connectivity index (χ1v) is 6.98. The molecular weight excluding hydrogens is 224 g/mol. The third-order valence-electron chi connectivity index (χ3n) is 5.41. The molecule has 2 bridgehead atoms. The van der Waals surface area contributed by atoms with Crippen molar-refractivity contribution in [3.8, 4) is 5.75 Å². The zero-order valence-electron chi connectivity index (χ0n) is 10.6. The summed E-state index contributed by atoms with van der Waals surface area (Å²) in [6.45, 7) is 0. The lowest BCUT2D eigenvalue weighted by molar-refractivity contribution is 0.0944. The van der Waals surface area contributed by atoms with Gasteiger partial charge in [0, 0.05) is 11.5 Å². The SMILES string of the molecule is COc1ccc(C(=O)C2C3C4CCC(C4)C23)cc1. The molecule has 3 aliphatic rings. The first-order valence-electron chi connectivity index (χ1n) is 6.98. The molecule has 0 spiro atoms. The Bertz CT molecular complexity index is 474. The normalized spacial score (nSPS) is 39.5. The molecule has 0 radical (unpaired) electrons. The molecule has 4 rings (SSSR count). The quantitative estimate of drug-likeness (QED) is 0.761. The summed E-state index contributed by atoms with van der Waals surface area (Å²) in [7, 11) is 1.65. The number of fused-ring (bicyclic) bond motifs is 5. The minimum Gasteiger partial charge on any atom is -0.497 e. The minimum atomic E-state index is 0.352. The molecule has 0 N–H and O–H groups in total. The first kappa shape index (κ1) is 10.6. The molecule has 1 aromatic carbocycles. The van der Waals surface area contributed by atoms with Crippen LogP contribution in [0.1, 0.15) is 29.6 Å². The van der Waals surface area contributed by atoms with E-state index in [0.29, 0.717) is 11.7 Å². The summed E-state index contributed by atoms with van der Waals surface area (Å²) in [6.07, 6.45) is 4.15. The second-order valence-corrected chi connectivity index (χ2v) is 6.11. The summed E-state index contributed by atoms with van der Waals surface area (Å²) in [5, 5.41) is 0. The van der Waals surface area contributed by atoms with Crippen molar-refractivity contribution in [1.82, 2.24) is 0 Å². The zero-order valence-corrected chi connectivity index (χ0v) is 10.6. The van der Waals surface area contributed by atoms with E-state index < -0.39 is 0 Å². The number of Topliss-reactive ketones (excluding diaryl/α,β-unsaturated/α-hetero) is 1. The number of ketones is 1. The van der Waals surface area contributed by atoms with Crippen molar-refractivity contribution in [1.29, 1.82) is 0 Å². The molecule has 0 amide bonds. The van der Waals surface area contributed by atoms with Crippen LogP contribution in [0, 0.1) is 29.6 Å². The van der Waals surface area contributed by atoms with E-state index in [0.717, 1.165) is 35.0 Å². The van der Waals surface area contributed by atoms with Gasteiger partial charge in [0.15, 0.2) is 5.78 Å². The Morgan fingerprint density at radius 1 is 1.11 bits per heavy atom. The second-order valence-electron chi connectivity index (χ2n) is 6.11. The lowest BCUT2D eigenvalue weighted by Crippen LogP contribution is -2.09. The van der Waals surface area contributed by atoms with Crippen LogP contribution in [0.5, 0.6) is 5.75 Å². The summed E-state index contributed by atoms with van der Waals surface area (Å²) in [5.74, 6) is 4.76. The maximum absolute atomic E-state index is 12.5. The maximum Gasteiger partial charge on any atom is 0.166 e. The minimum absolute atomic E-state index is 0.352. The lowest BCUT2D eigenvalue weighted by Gasteiger charge is -2.08. The van der Waals surface area contributed by atoms with Crippen LogP contribution in [0.3, 0.4) is 0 Å². The number of hydrogen-bond donors (Lipinski definition) is 0. The Labute approximate surface area is 107 Å². The van der Waals surface area contributed by atoms with Gasteiger partial charge >= 0.3 is 0 Å². The fourth-order valence-electron chi connectivity index (χ4n) is 4.62. The van der Waals surface area contributed by atoms with Crippen LogP contribution in [0.25, 0.3) is 0 Å². The highest BCUT2D eigenvalue weighted by Crippen LogP contribution is 2.69. The molecule has 2 heteroatoms. The Kier molecular flexibility index (Phi) is 2.12. The van der Waals surface area contributed by atoms with E-state index in [1.807, 2.05) is 24.3 Å². The molecule has 3 aliphatic carbocycles. The van der Waals surface area contributed by atoms with E-state index in [-0.39, 0.29) is 0 Å². The van der Waals surface area contributed by atoms with Crippen LogP contribution in [0.15, 0.2) is 24.3 Å². The largest absolute Gasteiger partial charge is 0.497 e. The standard InChI is InChI=1S/C16H18O2/c1-18-12-6-4-9(5-7-12)16(17)15-13-10-2-3-11(8-10)14(13)15/h4-7,10-11,13-15H,2-3,8H2,1H3. The number of benzene rings is 1. The Hall–Kier alpha value is -1.31. The highest BCUT2D eigenvalue weighted by atomic mass is 16.5. The van der Waals surface area contributed by atoms with Gasteiger partial charge in [-0.2, -0.15) is 0 Å². The average molecular weight is 242 g/mol. The van der Waals surface area contributed by atoms with Gasteiger partial charge in [-0.15, -0.1) is 0 Å². The van der Waals surface area contributed by atoms with Crippen LogP contribution < -0.4 is 4.74 Å². The number of carbonyl (C=O) groups is 1. The van der Waals surface area contributed by atoms with Gasteiger partial charge in [-0.3, -0.25) is 4.79 Å². The number of ether oxygens (including phenoxy) is 1. The van der Waals surface area contributed by atoms with Crippen LogP contribution in [0.4, 0.5) is 0 Å². The van der Waals surface area contributed by atoms with Crippen molar-refractivity contribution in [2.75, 3.05) is 7.11 Å². The predicted molar refractivity (Wildman–Crippen MR) is 68.6 cm³/mol. The van der Waals surface area contributed by atoms with Crippen LogP contribution in [0.2, 0.25) is 0 Å². The molecule has 94 valence electrons. The topological polar surface area (TPSA) is 26.3 Å². The fourth-order valence-corrected chi connectivity index (χ4v) is 4.62. The second kappa shape index (κ2) is 3.59. The van der Waals surface area contributed by atoms with E-state index >= 15 is 0 Å². The van der Waals surface area contributed by atoms with Crippen LogP contribution in [-0.2, 0) is 0 Å². The zero-order chi connectivity index (χ0) is 12.3. The van der Waals surface area contributed by atoms with E-state index in [2.05, 4.69) is 0 Å². The first-order chi connectivity index (χ1) is 8.79. The summed E-state index contributed by atoms with van der Waals surface area (Å²) < 4.78 is 5.13. The van der Waals surface area contributed by atoms with Crippen molar-refractivity contribution in [3.63, 3.8) is 0 Å². The Morgan fingerprint density at radius 2 is 1.72 bits per heavy atom. The Morgan fingerprint density at radius 3 is 2.28 bits per heavy atom. The van der Waals surface area contributed by atoms with Gasteiger partial charge < -0.3 is 4.74 Å². The predicted octanol–water partition coefficient (Wildman–Crippen LogP) is 3.17. The molecule has 1 aromatic rings. The summed E-state index contributed by atoms with van der Waals surface area (Å²) in [6, 6.07) is 7.61. The highest BCUT2D eigenvalue weighted by molar-refractivity contribution is 6.00. The van der Waals surface area contributed by atoms with Crippen molar-refractivity contribution in [3.05, 3.63) is 29.8 Å². The summed E-state index contributed by atoms with van der Waals surface area (Å²) in [5.41, 5.74) is 0.870. The Balaban J connectivity index is 1.54. The van der Waals surface area contributed by atoms with Gasteiger partial charge in [-0.25, -0.2) is 0 Å². The molecule has 0 aromatic heterocycles. The van der Waals surface area contributed by atoms with Gasteiger partial charge in [0.2, 0.25) is 0 Å². The summed E-state index contributed by atoms with van der Waals surface area (Å²) in [4.78, 5) is 12.5. The molecule has 4 atom stereocenters. The van der Waals surface area contributed by atoms with Gasteiger partial charge in [0.1, 0.15) is 5.75 Å². The van der Waals surface area contributed by atoms with Gasteiger partial charge in [0.05, 0.1) is 7.11 Å². The van der Waals surface area contributed by atoms with E-state index in [4.69, 9.17) is 4.74 Å². The fraction of sp³-hybridized carbons (Fsp3) is 0.562. The molecule has 18 heavy (non-hydrogen) atoms. The van der Waals surface area contributed by atoms with Gasteiger partial charge in [-0.05, 0) is 67.2 Å². The van der Waals surface area contributed by atoms with E-state index in [1.54, 1.807) is 7.11 Å². The molecule has 2 nitrogen and oxygen atoms in total. The molecular formula is C16H18O2. The van der Waals surface area contributed by atoms with Crippen molar-refractivity contribution in [2.24, 2.45) is 29.6 Å². The third kappa shape index (κ3) is 1.32. The lowest BCUT2D eigenvalue weighted by atomic mass is 9.96. The third-order valence-corrected chi connectivity index (χ3v) is 5.41. The van der Waals surface area contributed by atoms with Crippen LogP contribution in [-0.4, -0.2) is 12.9 Å². The summed E-state index contributed by atoms with van der Waals surface area (Å²) >= 11 is 0. The van der Waals surface area contributed by atoms with Crippen LogP contribution >= 0.6 is 0 Å².